The van der Waals surface area contributed by atoms with Crippen molar-refractivity contribution in [2.24, 2.45) is 5.92 Å². The second-order valence-electron chi connectivity index (χ2n) is 5.68. The third kappa shape index (κ3) is 6.31. The van der Waals surface area contributed by atoms with Gasteiger partial charge >= 0.3 is 0 Å². The highest BCUT2D eigenvalue weighted by Gasteiger charge is 2.19. The predicted molar refractivity (Wildman–Crippen MR) is 83.0 cm³/mol. The van der Waals surface area contributed by atoms with E-state index in [1.807, 2.05) is 6.92 Å². The summed E-state index contributed by atoms with van der Waals surface area (Å²) in [5, 5.41) is 0. The molecule has 21 heavy (non-hydrogen) atoms. The number of carbonyl (C=O) groups is 1. The van der Waals surface area contributed by atoms with Crippen molar-refractivity contribution in [3.63, 3.8) is 0 Å². The SMILES string of the molecule is CCN(CCCN(C)C)CC(C)C(=O)c1ccc(F)cn1. The summed E-state index contributed by atoms with van der Waals surface area (Å²) in [6.07, 6.45) is 2.17. The van der Waals surface area contributed by atoms with Gasteiger partial charge in [-0.3, -0.25) is 9.78 Å². The Morgan fingerprint density at radius 2 is 2.05 bits per heavy atom. The van der Waals surface area contributed by atoms with E-state index in [2.05, 4.69) is 35.8 Å². The third-order valence-corrected chi connectivity index (χ3v) is 3.49. The normalized spacial score (nSPS) is 12.9. The van der Waals surface area contributed by atoms with E-state index < -0.39 is 5.82 Å². The van der Waals surface area contributed by atoms with Gasteiger partial charge in [0.2, 0.25) is 0 Å². The van der Waals surface area contributed by atoms with Crippen LogP contribution in [-0.2, 0) is 0 Å². The molecule has 4 nitrogen and oxygen atoms in total. The van der Waals surface area contributed by atoms with Gasteiger partial charge in [-0.2, -0.15) is 0 Å². The zero-order valence-electron chi connectivity index (χ0n) is 13.5. The maximum Gasteiger partial charge on any atom is 0.185 e. The largest absolute Gasteiger partial charge is 0.309 e. The zero-order valence-corrected chi connectivity index (χ0v) is 13.5. The minimum absolute atomic E-state index is 0.0268. The van der Waals surface area contributed by atoms with E-state index in [0.29, 0.717) is 12.2 Å². The third-order valence-electron chi connectivity index (χ3n) is 3.49. The van der Waals surface area contributed by atoms with E-state index in [1.54, 1.807) is 0 Å². The van der Waals surface area contributed by atoms with Crippen molar-refractivity contribution >= 4 is 5.78 Å². The molecule has 0 saturated heterocycles. The molecule has 0 spiro atoms. The Bertz CT molecular complexity index is 434. The summed E-state index contributed by atoms with van der Waals surface area (Å²) in [6, 6.07) is 2.73. The standard InChI is InChI=1S/C16H26FN3O/c1-5-20(10-6-9-19(3)4)12-13(2)16(21)15-8-7-14(17)11-18-15/h7-8,11,13H,5-6,9-10,12H2,1-4H3. The fraction of sp³-hybridized carbons (Fsp3) is 0.625. The van der Waals surface area contributed by atoms with Gasteiger partial charge in [-0.25, -0.2) is 4.39 Å². The second-order valence-corrected chi connectivity index (χ2v) is 5.68. The summed E-state index contributed by atoms with van der Waals surface area (Å²) < 4.78 is 12.8. The number of halogens is 1. The van der Waals surface area contributed by atoms with Gasteiger partial charge in [-0.1, -0.05) is 13.8 Å². The lowest BCUT2D eigenvalue weighted by Crippen LogP contribution is -2.34. The van der Waals surface area contributed by atoms with Crippen LogP contribution in [0.25, 0.3) is 0 Å². The highest BCUT2D eigenvalue weighted by atomic mass is 19.1. The Hall–Kier alpha value is -1.33. The lowest BCUT2D eigenvalue weighted by molar-refractivity contribution is 0.0889. The highest BCUT2D eigenvalue weighted by Crippen LogP contribution is 2.09. The smallest absolute Gasteiger partial charge is 0.185 e. The lowest BCUT2D eigenvalue weighted by Gasteiger charge is -2.24. The second kappa shape index (κ2) is 8.85. The van der Waals surface area contributed by atoms with Gasteiger partial charge < -0.3 is 9.80 Å². The van der Waals surface area contributed by atoms with Crippen LogP contribution in [0.2, 0.25) is 0 Å². The molecular weight excluding hydrogens is 269 g/mol. The van der Waals surface area contributed by atoms with Crippen molar-refractivity contribution in [1.29, 1.82) is 0 Å². The molecule has 0 aromatic carbocycles. The van der Waals surface area contributed by atoms with Crippen molar-refractivity contribution in [3.8, 4) is 0 Å². The molecule has 1 rings (SSSR count). The van der Waals surface area contributed by atoms with E-state index in [0.717, 1.165) is 32.3 Å². The number of pyridine rings is 1. The summed E-state index contributed by atoms with van der Waals surface area (Å²) in [5.41, 5.74) is 0.341. The van der Waals surface area contributed by atoms with Crippen LogP contribution in [0.1, 0.15) is 30.8 Å². The number of ketones is 1. The molecule has 0 bridgehead atoms. The van der Waals surface area contributed by atoms with Crippen LogP contribution in [0.4, 0.5) is 4.39 Å². The molecule has 5 heteroatoms. The molecule has 118 valence electrons. The first-order valence-electron chi connectivity index (χ1n) is 7.46. The van der Waals surface area contributed by atoms with Crippen molar-refractivity contribution in [3.05, 3.63) is 29.8 Å². The van der Waals surface area contributed by atoms with E-state index in [-0.39, 0.29) is 11.7 Å². The van der Waals surface area contributed by atoms with Crippen molar-refractivity contribution in [2.75, 3.05) is 40.3 Å². The molecule has 0 aliphatic carbocycles. The summed E-state index contributed by atoms with van der Waals surface area (Å²) in [5.74, 6) is -0.582. The number of aromatic nitrogens is 1. The Labute approximate surface area is 127 Å². The Morgan fingerprint density at radius 3 is 2.57 bits per heavy atom. The topological polar surface area (TPSA) is 36.4 Å². The molecule has 0 aliphatic rings. The number of hydrogen-bond donors (Lipinski definition) is 0. The number of hydrogen-bond acceptors (Lipinski definition) is 4. The first-order valence-corrected chi connectivity index (χ1v) is 7.46. The molecule has 1 aromatic rings. The molecule has 1 atom stereocenters. The minimum atomic E-state index is -0.418. The van der Waals surface area contributed by atoms with E-state index in [9.17, 15) is 9.18 Å². The molecule has 0 saturated carbocycles. The van der Waals surface area contributed by atoms with E-state index in [1.165, 1.54) is 12.1 Å². The van der Waals surface area contributed by atoms with Crippen LogP contribution in [0, 0.1) is 11.7 Å². The number of Topliss-reactive ketones (excluding diaryl/α,β-unsaturated/α-hetero) is 1. The maximum absolute atomic E-state index is 12.8. The Balaban J connectivity index is 2.51. The van der Waals surface area contributed by atoms with Gasteiger partial charge in [-0.15, -0.1) is 0 Å². The van der Waals surface area contributed by atoms with Crippen molar-refractivity contribution < 1.29 is 9.18 Å². The van der Waals surface area contributed by atoms with Gasteiger partial charge in [0.05, 0.1) is 6.20 Å². The Morgan fingerprint density at radius 1 is 1.33 bits per heavy atom. The van der Waals surface area contributed by atoms with Crippen LogP contribution in [0.15, 0.2) is 18.3 Å². The first-order chi connectivity index (χ1) is 9.93. The molecule has 0 fully saturated rings. The van der Waals surface area contributed by atoms with Crippen LogP contribution >= 0.6 is 0 Å². The molecule has 1 heterocycles. The molecule has 0 radical (unpaired) electrons. The van der Waals surface area contributed by atoms with Gasteiger partial charge in [-0.05, 0) is 52.3 Å². The van der Waals surface area contributed by atoms with Crippen molar-refractivity contribution in [1.82, 2.24) is 14.8 Å². The van der Waals surface area contributed by atoms with E-state index >= 15 is 0 Å². The van der Waals surface area contributed by atoms with Crippen LogP contribution < -0.4 is 0 Å². The van der Waals surface area contributed by atoms with Gasteiger partial charge in [0.15, 0.2) is 5.78 Å². The van der Waals surface area contributed by atoms with Gasteiger partial charge in [0.1, 0.15) is 11.5 Å². The molecular formula is C16H26FN3O. The molecule has 0 aliphatic heterocycles. The van der Waals surface area contributed by atoms with Gasteiger partial charge in [0.25, 0.3) is 0 Å². The predicted octanol–water partition coefficient (Wildman–Crippen LogP) is 2.31. The number of nitrogens with zero attached hydrogens (tertiary/aromatic N) is 3. The first kappa shape index (κ1) is 17.7. The summed E-state index contributed by atoms with van der Waals surface area (Å²) in [7, 11) is 4.12. The molecule has 1 unspecified atom stereocenters. The number of carbonyl (C=O) groups excluding carboxylic acids is 1. The minimum Gasteiger partial charge on any atom is -0.309 e. The quantitative estimate of drug-likeness (QED) is 0.655. The van der Waals surface area contributed by atoms with Crippen molar-refractivity contribution in [2.45, 2.75) is 20.3 Å². The van der Waals surface area contributed by atoms with Gasteiger partial charge in [0, 0.05) is 12.5 Å². The summed E-state index contributed by atoms with van der Waals surface area (Å²) in [6.45, 7) is 7.65. The fourth-order valence-electron chi connectivity index (χ4n) is 2.23. The van der Waals surface area contributed by atoms with Crippen LogP contribution in [-0.4, -0.2) is 60.8 Å². The summed E-state index contributed by atoms with van der Waals surface area (Å²) >= 11 is 0. The average molecular weight is 295 g/mol. The maximum atomic E-state index is 12.8. The summed E-state index contributed by atoms with van der Waals surface area (Å²) in [4.78, 5) is 20.6. The van der Waals surface area contributed by atoms with Crippen LogP contribution in [0.5, 0.6) is 0 Å². The monoisotopic (exact) mass is 295 g/mol. The fourth-order valence-corrected chi connectivity index (χ4v) is 2.23. The molecule has 0 N–H and O–H groups in total. The number of rotatable bonds is 9. The highest BCUT2D eigenvalue weighted by molar-refractivity contribution is 5.95. The molecule has 0 amide bonds. The van der Waals surface area contributed by atoms with Crippen LogP contribution in [0.3, 0.4) is 0 Å². The molecule has 1 aromatic heterocycles. The van der Waals surface area contributed by atoms with E-state index in [4.69, 9.17) is 0 Å². The lowest BCUT2D eigenvalue weighted by atomic mass is 10.0. The average Bonchev–Trinajstić information content (AvgIpc) is 2.45. The zero-order chi connectivity index (χ0) is 15.8. The Kier molecular flexibility index (Phi) is 7.47.